The van der Waals surface area contributed by atoms with Crippen molar-refractivity contribution in [3.8, 4) is 0 Å². The van der Waals surface area contributed by atoms with Crippen LogP contribution in [0.2, 0.25) is 0 Å². The van der Waals surface area contributed by atoms with Gasteiger partial charge in [-0.25, -0.2) is 4.39 Å². The third kappa shape index (κ3) is 3.43. The second-order valence-electron chi connectivity index (χ2n) is 4.65. The van der Waals surface area contributed by atoms with Gasteiger partial charge in [0.15, 0.2) is 0 Å². The van der Waals surface area contributed by atoms with Crippen LogP contribution >= 0.6 is 12.4 Å². The maximum Gasteiger partial charge on any atom is 0.313 e. The van der Waals surface area contributed by atoms with Crippen molar-refractivity contribution in [3.63, 3.8) is 0 Å². The number of nitro benzene ring substituents is 1. The first-order valence-corrected chi connectivity index (χ1v) is 5.49. The Hall–Kier alpha value is -1.73. The van der Waals surface area contributed by atoms with Crippen LogP contribution in [0.5, 0.6) is 0 Å². The molecule has 8 heteroatoms. The highest BCUT2D eigenvalue weighted by molar-refractivity contribution is 5.85. The summed E-state index contributed by atoms with van der Waals surface area (Å²) in [4.78, 5) is 21.8. The summed E-state index contributed by atoms with van der Waals surface area (Å²) < 4.78 is 17.7. The molecule has 0 amide bonds. The van der Waals surface area contributed by atoms with Gasteiger partial charge in [0.2, 0.25) is 0 Å². The lowest BCUT2D eigenvalue weighted by atomic mass is 9.80. The Kier molecular flexibility index (Phi) is 6.05. The normalized spacial score (nSPS) is 12.2. The van der Waals surface area contributed by atoms with Crippen molar-refractivity contribution >= 4 is 24.1 Å². The second kappa shape index (κ2) is 6.62. The molecule has 0 saturated heterocycles. The van der Waals surface area contributed by atoms with Crippen LogP contribution in [0.15, 0.2) is 18.2 Å². The lowest BCUT2D eigenvalue weighted by molar-refractivity contribution is -0.386. The minimum atomic E-state index is -1.17. The van der Waals surface area contributed by atoms with Crippen molar-refractivity contribution < 1.29 is 18.8 Å². The van der Waals surface area contributed by atoms with E-state index in [9.17, 15) is 19.3 Å². The smallest absolute Gasteiger partial charge is 0.313 e. The van der Waals surface area contributed by atoms with Gasteiger partial charge in [-0.15, -0.1) is 12.4 Å². The van der Waals surface area contributed by atoms with E-state index in [-0.39, 0.29) is 18.0 Å². The quantitative estimate of drug-likeness (QED) is 0.523. The summed E-state index contributed by atoms with van der Waals surface area (Å²) in [5, 5.41) is 10.9. The Labute approximate surface area is 121 Å². The van der Waals surface area contributed by atoms with Gasteiger partial charge in [-0.1, -0.05) is 0 Å². The molecular weight excluding hydrogens is 291 g/mol. The number of ether oxygens (including phenoxy) is 1. The number of benzene rings is 1. The fourth-order valence-electron chi connectivity index (χ4n) is 1.72. The number of halogens is 2. The molecule has 0 fully saturated rings. The van der Waals surface area contributed by atoms with Gasteiger partial charge in [-0.3, -0.25) is 14.9 Å². The number of hydrogen-bond acceptors (Lipinski definition) is 5. The third-order valence-corrected chi connectivity index (χ3v) is 3.01. The summed E-state index contributed by atoms with van der Waals surface area (Å²) in [5.74, 6) is -1.34. The molecule has 20 heavy (non-hydrogen) atoms. The summed E-state index contributed by atoms with van der Waals surface area (Å²) in [6.07, 6.45) is 0. The van der Waals surface area contributed by atoms with E-state index < -0.39 is 33.9 Å². The van der Waals surface area contributed by atoms with Gasteiger partial charge >= 0.3 is 5.97 Å². The number of hydrogen-bond donors (Lipinski definition) is 1. The molecule has 1 rings (SSSR count). The maximum atomic E-state index is 13.1. The van der Waals surface area contributed by atoms with Gasteiger partial charge in [0.05, 0.1) is 29.6 Å². The van der Waals surface area contributed by atoms with Crippen LogP contribution < -0.4 is 5.73 Å². The fraction of sp³-hybridized carbons (Fsp3) is 0.417. The van der Waals surface area contributed by atoms with Crippen LogP contribution in [0, 0.1) is 21.3 Å². The molecule has 6 nitrogen and oxygen atoms in total. The summed E-state index contributed by atoms with van der Waals surface area (Å²) in [6, 6.07) is 2.07. The number of carbonyl (C=O) groups excluding carboxylic acids is 1. The predicted octanol–water partition coefficient (Wildman–Crippen LogP) is 2.35. The number of nitro groups is 1. The molecule has 0 aromatic heterocycles. The summed E-state index contributed by atoms with van der Waals surface area (Å²) in [5.41, 5.74) is 4.37. The zero-order valence-corrected chi connectivity index (χ0v) is 12.1. The Morgan fingerprint density at radius 1 is 1.50 bits per heavy atom. The highest BCUT2D eigenvalue weighted by Crippen LogP contribution is 2.37. The Bertz CT molecular complexity index is 522. The van der Waals surface area contributed by atoms with E-state index >= 15 is 0 Å². The Balaban J connectivity index is 0.00000361. The lowest BCUT2D eigenvalue weighted by Gasteiger charge is -2.28. The molecule has 0 saturated carbocycles. The van der Waals surface area contributed by atoms with Crippen molar-refractivity contribution in [2.24, 2.45) is 11.1 Å². The SMILES string of the molecule is COC(=O)C(C)(C)[C@H](N)c1ccc(F)cc1[N+](=O)[O-].Cl. The zero-order chi connectivity index (χ0) is 14.8. The molecule has 0 spiro atoms. The highest BCUT2D eigenvalue weighted by Gasteiger charge is 2.39. The van der Waals surface area contributed by atoms with Crippen molar-refractivity contribution in [1.82, 2.24) is 0 Å². The van der Waals surface area contributed by atoms with E-state index in [4.69, 9.17) is 5.73 Å². The van der Waals surface area contributed by atoms with Crippen LogP contribution in [0.1, 0.15) is 25.5 Å². The van der Waals surface area contributed by atoms with Gasteiger partial charge in [0.25, 0.3) is 5.69 Å². The third-order valence-electron chi connectivity index (χ3n) is 3.01. The molecule has 0 unspecified atom stereocenters. The van der Waals surface area contributed by atoms with Gasteiger partial charge in [-0.05, 0) is 26.0 Å². The van der Waals surface area contributed by atoms with E-state index in [2.05, 4.69) is 4.74 Å². The molecule has 1 aromatic rings. The molecule has 0 aliphatic heterocycles. The van der Waals surface area contributed by atoms with E-state index in [0.29, 0.717) is 0 Å². The van der Waals surface area contributed by atoms with Gasteiger partial charge in [0.1, 0.15) is 5.82 Å². The Morgan fingerprint density at radius 2 is 2.05 bits per heavy atom. The number of carbonyl (C=O) groups is 1. The molecule has 1 aromatic carbocycles. The topological polar surface area (TPSA) is 95.5 Å². The van der Waals surface area contributed by atoms with Gasteiger partial charge < -0.3 is 10.5 Å². The van der Waals surface area contributed by atoms with Crippen molar-refractivity contribution in [1.29, 1.82) is 0 Å². The van der Waals surface area contributed by atoms with Crippen LogP contribution in [-0.4, -0.2) is 18.0 Å². The van der Waals surface area contributed by atoms with Gasteiger partial charge in [0, 0.05) is 5.56 Å². The molecular formula is C12H16ClFN2O4. The summed E-state index contributed by atoms with van der Waals surface area (Å²) in [6.45, 7) is 3.02. The molecule has 0 heterocycles. The molecule has 2 N–H and O–H groups in total. The Morgan fingerprint density at radius 3 is 2.50 bits per heavy atom. The first kappa shape index (κ1) is 18.3. The first-order valence-electron chi connectivity index (χ1n) is 5.49. The standard InChI is InChI=1S/C12H15FN2O4.ClH/c1-12(2,11(16)19-3)10(14)8-5-4-7(13)6-9(8)15(17)18;/h4-6,10H,14H2,1-3H3;1H/t10-;/m1./s1. The number of methoxy groups -OCH3 is 1. The van der Waals surface area contributed by atoms with Crippen molar-refractivity contribution in [3.05, 3.63) is 39.7 Å². The van der Waals surface area contributed by atoms with E-state index in [1.807, 2.05) is 0 Å². The van der Waals surface area contributed by atoms with Crippen molar-refractivity contribution in [2.45, 2.75) is 19.9 Å². The minimum absolute atomic E-state index is 0. The number of esters is 1. The second-order valence-corrected chi connectivity index (χ2v) is 4.65. The molecule has 0 bridgehead atoms. The molecule has 0 aliphatic rings. The van der Waals surface area contributed by atoms with E-state index in [1.165, 1.54) is 27.0 Å². The molecule has 0 radical (unpaired) electrons. The first-order chi connectivity index (χ1) is 8.71. The lowest BCUT2D eigenvalue weighted by Crippen LogP contribution is -2.37. The minimum Gasteiger partial charge on any atom is -0.469 e. The molecule has 1 atom stereocenters. The highest BCUT2D eigenvalue weighted by atomic mass is 35.5. The summed E-state index contributed by atoms with van der Waals surface area (Å²) in [7, 11) is 1.20. The van der Waals surface area contributed by atoms with Gasteiger partial charge in [-0.2, -0.15) is 0 Å². The van der Waals surface area contributed by atoms with E-state index in [0.717, 1.165) is 12.1 Å². The number of nitrogens with zero attached hydrogens (tertiary/aromatic N) is 1. The number of nitrogens with two attached hydrogens (primary N) is 1. The van der Waals surface area contributed by atoms with Crippen LogP contribution in [0.3, 0.4) is 0 Å². The average molecular weight is 307 g/mol. The number of rotatable bonds is 4. The van der Waals surface area contributed by atoms with Crippen molar-refractivity contribution in [2.75, 3.05) is 7.11 Å². The summed E-state index contributed by atoms with van der Waals surface area (Å²) >= 11 is 0. The molecule has 0 aliphatic carbocycles. The van der Waals surface area contributed by atoms with Crippen LogP contribution in [0.4, 0.5) is 10.1 Å². The average Bonchev–Trinajstić information content (AvgIpc) is 2.36. The van der Waals surface area contributed by atoms with Crippen LogP contribution in [-0.2, 0) is 9.53 Å². The predicted molar refractivity (Wildman–Crippen MR) is 73.0 cm³/mol. The molecule has 112 valence electrons. The largest absolute Gasteiger partial charge is 0.469 e. The zero-order valence-electron chi connectivity index (χ0n) is 11.3. The fourth-order valence-corrected chi connectivity index (χ4v) is 1.72. The maximum absolute atomic E-state index is 13.1. The van der Waals surface area contributed by atoms with E-state index in [1.54, 1.807) is 0 Å². The monoisotopic (exact) mass is 306 g/mol. The van der Waals surface area contributed by atoms with Crippen LogP contribution in [0.25, 0.3) is 0 Å².